The highest BCUT2D eigenvalue weighted by Gasteiger charge is 2.07. The fraction of sp³-hybridized carbons (Fsp3) is 0.200. The summed E-state index contributed by atoms with van der Waals surface area (Å²) in [6.45, 7) is -0.00958. The Kier molecular flexibility index (Phi) is 2.99. The second-order valence-electron chi connectivity index (χ2n) is 3.01. The molecule has 1 N–H and O–H groups in total. The van der Waals surface area contributed by atoms with Crippen molar-refractivity contribution < 1.29 is 9.63 Å². The molecule has 0 atom stereocenters. The molecule has 0 radical (unpaired) electrons. The molecule has 1 aromatic carbocycles. The van der Waals surface area contributed by atoms with Crippen LogP contribution in [0.3, 0.4) is 0 Å². The van der Waals surface area contributed by atoms with E-state index in [1.165, 1.54) is 0 Å². The van der Waals surface area contributed by atoms with Crippen LogP contribution in [0.1, 0.15) is 11.4 Å². The Morgan fingerprint density at radius 1 is 1.40 bits per heavy atom. The van der Waals surface area contributed by atoms with Gasteiger partial charge in [0.2, 0.25) is 0 Å². The number of alkyl halides is 1. The minimum absolute atomic E-state index is 0.00958. The summed E-state index contributed by atoms with van der Waals surface area (Å²) in [7, 11) is 0. The Hall–Kier alpha value is -1.39. The monoisotopic (exact) mass is 224 g/mol. The van der Waals surface area contributed by atoms with Gasteiger partial charge in [-0.3, -0.25) is 0 Å². The van der Waals surface area contributed by atoms with E-state index in [1.807, 2.05) is 18.2 Å². The predicted molar refractivity (Wildman–Crippen MR) is 55.2 cm³/mol. The number of hydrogen-bond acceptors (Lipinski definition) is 4. The van der Waals surface area contributed by atoms with E-state index >= 15 is 0 Å². The molecule has 4 nitrogen and oxygen atoms in total. The van der Waals surface area contributed by atoms with Gasteiger partial charge in [0.15, 0.2) is 5.82 Å². The number of nitrogens with zero attached hydrogens (tertiary/aromatic N) is 2. The van der Waals surface area contributed by atoms with Crippen LogP contribution in [0.15, 0.2) is 28.8 Å². The van der Waals surface area contributed by atoms with Crippen LogP contribution in [0.2, 0.25) is 0 Å². The summed E-state index contributed by atoms with van der Waals surface area (Å²) in [5, 5.41) is 12.7. The molecule has 0 saturated carbocycles. The first-order chi connectivity index (χ1) is 7.33. The van der Waals surface area contributed by atoms with Gasteiger partial charge in [0.1, 0.15) is 0 Å². The van der Waals surface area contributed by atoms with E-state index in [2.05, 4.69) is 10.1 Å². The summed E-state index contributed by atoms with van der Waals surface area (Å²) < 4.78 is 5.01. The lowest BCUT2D eigenvalue weighted by Crippen LogP contribution is -1.85. The van der Waals surface area contributed by atoms with E-state index in [4.69, 9.17) is 21.2 Å². The zero-order valence-corrected chi connectivity index (χ0v) is 8.61. The fourth-order valence-corrected chi connectivity index (χ4v) is 1.34. The lowest BCUT2D eigenvalue weighted by molar-refractivity contribution is 0.282. The number of aliphatic hydroxyl groups is 1. The van der Waals surface area contributed by atoms with Crippen LogP contribution in [0.4, 0.5) is 0 Å². The molecule has 0 aliphatic carbocycles. The first kappa shape index (κ1) is 10.1. The van der Waals surface area contributed by atoms with Crippen LogP contribution in [-0.2, 0) is 12.5 Å². The molecule has 0 aliphatic heterocycles. The molecule has 1 aromatic heterocycles. The molecule has 0 bridgehead atoms. The normalized spacial score (nSPS) is 10.5. The van der Waals surface area contributed by atoms with Gasteiger partial charge in [0.05, 0.1) is 12.5 Å². The zero-order valence-electron chi connectivity index (χ0n) is 7.85. The minimum Gasteiger partial charge on any atom is -0.392 e. The third-order valence-electron chi connectivity index (χ3n) is 1.94. The van der Waals surface area contributed by atoms with Crippen molar-refractivity contribution in [2.45, 2.75) is 12.5 Å². The van der Waals surface area contributed by atoms with Gasteiger partial charge in [-0.25, -0.2) is 0 Å². The number of halogens is 1. The van der Waals surface area contributed by atoms with E-state index in [0.29, 0.717) is 11.7 Å². The van der Waals surface area contributed by atoms with E-state index in [9.17, 15) is 0 Å². The van der Waals surface area contributed by atoms with Crippen molar-refractivity contribution in [3.63, 3.8) is 0 Å². The standard InChI is InChI=1S/C10H9ClN2O2/c11-5-9-12-10(15-13-9)8-3-1-2-7(4-8)6-14/h1-4,14H,5-6H2. The molecular formula is C10H9ClN2O2. The van der Waals surface area contributed by atoms with Gasteiger partial charge in [-0.05, 0) is 17.7 Å². The van der Waals surface area contributed by atoms with Crippen LogP contribution >= 0.6 is 11.6 Å². The van der Waals surface area contributed by atoms with Crippen LogP contribution in [0, 0.1) is 0 Å². The van der Waals surface area contributed by atoms with Gasteiger partial charge in [-0.2, -0.15) is 4.98 Å². The van der Waals surface area contributed by atoms with Crippen molar-refractivity contribution in [2.75, 3.05) is 0 Å². The summed E-state index contributed by atoms with van der Waals surface area (Å²) >= 11 is 5.56. The highest BCUT2D eigenvalue weighted by atomic mass is 35.5. The largest absolute Gasteiger partial charge is 0.392 e. The van der Waals surface area contributed by atoms with Crippen molar-refractivity contribution >= 4 is 11.6 Å². The molecule has 5 heteroatoms. The van der Waals surface area contributed by atoms with Crippen LogP contribution in [-0.4, -0.2) is 15.2 Å². The average molecular weight is 225 g/mol. The van der Waals surface area contributed by atoms with Crippen molar-refractivity contribution in [3.05, 3.63) is 35.7 Å². The lowest BCUT2D eigenvalue weighted by Gasteiger charge is -1.97. The van der Waals surface area contributed by atoms with E-state index in [-0.39, 0.29) is 12.5 Å². The Labute approximate surface area is 91.5 Å². The van der Waals surface area contributed by atoms with Crippen LogP contribution < -0.4 is 0 Å². The fourth-order valence-electron chi connectivity index (χ4n) is 1.23. The molecule has 0 aliphatic rings. The number of benzene rings is 1. The van der Waals surface area contributed by atoms with E-state index in [0.717, 1.165) is 11.1 Å². The highest BCUT2D eigenvalue weighted by molar-refractivity contribution is 6.16. The number of aromatic nitrogens is 2. The van der Waals surface area contributed by atoms with Crippen molar-refractivity contribution in [1.82, 2.24) is 10.1 Å². The first-order valence-electron chi connectivity index (χ1n) is 4.42. The molecule has 0 fully saturated rings. The SMILES string of the molecule is OCc1cccc(-c2nc(CCl)no2)c1. The third kappa shape index (κ3) is 2.16. The van der Waals surface area contributed by atoms with Crippen LogP contribution in [0.5, 0.6) is 0 Å². The third-order valence-corrected chi connectivity index (χ3v) is 2.18. The van der Waals surface area contributed by atoms with Crippen molar-refractivity contribution in [1.29, 1.82) is 0 Å². The molecule has 0 amide bonds. The zero-order chi connectivity index (χ0) is 10.7. The topological polar surface area (TPSA) is 59.2 Å². The summed E-state index contributed by atoms with van der Waals surface area (Å²) in [4.78, 5) is 4.08. The molecule has 2 rings (SSSR count). The lowest BCUT2D eigenvalue weighted by atomic mass is 10.1. The van der Waals surface area contributed by atoms with Crippen molar-refractivity contribution in [3.8, 4) is 11.5 Å². The maximum atomic E-state index is 8.97. The molecule has 0 saturated heterocycles. The van der Waals surface area contributed by atoms with Crippen molar-refractivity contribution in [2.24, 2.45) is 0 Å². The maximum Gasteiger partial charge on any atom is 0.257 e. The van der Waals surface area contributed by atoms with Crippen LogP contribution in [0.25, 0.3) is 11.5 Å². The molecule has 78 valence electrons. The summed E-state index contributed by atoms with van der Waals surface area (Å²) in [5.74, 6) is 1.10. The smallest absolute Gasteiger partial charge is 0.257 e. The van der Waals surface area contributed by atoms with Gasteiger partial charge >= 0.3 is 0 Å². The Balaban J connectivity index is 2.35. The number of aliphatic hydroxyl groups excluding tert-OH is 1. The minimum atomic E-state index is -0.00958. The molecule has 0 unspecified atom stereocenters. The average Bonchev–Trinajstić information content (AvgIpc) is 2.78. The summed E-state index contributed by atoms with van der Waals surface area (Å²) in [5.41, 5.74) is 1.59. The van der Waals surface area contributed by atoms with E-state index < -0.39 is 0 Å². The van der Waals surface area contributed by atoms with Gasteiger partial charge < -0.3 is 9.63 Å². The van der Waals surface area contributed by atoms with Gasteiger partial charge in [-0.1, -0.05) is 17.3 Å². The molecule has 0 spiro atoms. The number of rotatable bonds is 3. The molecule has 15 heavy (non-hydrogen) atoms. The van der Waals surface area contributed by atoms with Gasteiger partial charge in [-0.15, -0.1) is 11.6 Å². The first-order valence-corrected chi connectivity index (χ1v) is 4.95. The molecule has 2 aromatic rings. The number of hydrogen-bond donors (Lipinski definition) is 1. The maximum absolute atomic E-state index is 8.97. The Morgan fingerprint density at radius 3 is 2.93 bits per heavy atom. The predicted octanol–water partition coefficient (Wildman–Crippen LogP) is 1.97. The molecule has 1 heterocycles. The quantitative estimate of drug-likeness (QED) is 0.810. The van der Waals surface area contributed by atoms with E-state index in [1.54, 1.807) is 6.07 Å². The molecular weight excluding hydrogens is 216 g/mol. The van der Waals surface area contributed by atoms with Gasteiger partial charge in [0.25, 0.3) is 5.89 Å². The summed E-state index contributed by atoms with van der Waals surface area (Å²) in [6.07, 6.45) is 0. The summed E-state index contributed by atoms with van der Waals surface area (Å²) in [6, 6.07) is 7.28. The van der Waals surface area contributed by atoms with Gasteiger partial charge in [0, 0.05) is 5.56 Å². The highest BCUT2D eigenvalue weighted by Crippen LogP contribution is 2.18. The second-order valence-corrected chi connectivity index (χ2v) is 3.28. The Bertz CT molecular complexity index is 456. The Morgan fingerprint density at radius 2 is 2.27 bits per heavy atom. The second kappa shape index (κ2) is 4.42.